The van der Waals surface area contributed by atoms with Crippen molar-refractivity contribution in [3.63, 3.8) is 0 Å². The van der Waals surface area contributed by atoms with Gasteiger partial charge in [-0.15, -0.1) is 11.3 Å². The number of aliphatic hydroxyl groups excluding tert-OH is 1. The van der Waals surface area contributed by atoms with Crippen molar-refractivity contribution in [2.75, 3.05) is 5.75 Å². The van der Waals surface area contributed by atoms with Crippen molar-refractivity contribution in [1.29, 1.82) is 0 Å². The molecule has 2 rings (SSSR count). The van der Waals surface area contributed by atoms with Gasteiger partial charge in [0.1, 0.15) is 16.6 Å². The van der Waals surface area contributed by atoms with Gasteiger partial charge in [0, 0.05) is 11.6 Å². The topological polar surface area (TPSA) is 67.3 Å². The van der Waals surface area contributed by atoms with E-state index in [9.17, 15) is 17.9 Å². The summed E-state index contributed by atoms with van der Waals surface area (Å²) in [6.45, 7) is 0. The summed E-state index contributed by atoms with van der Waals surface area (Å²) in [4.78, 5) is 3.90. The zero-order valence-electron chi connectivity index (χ0n) is 9.86. The minimum atomic E-state index is -3.46. The van der Waals surface area contributed by atoms with Gasteiger partial charge in [-0.1, -0.05) is 12.1 Å². The van der Waals surface area contributed by atoms with Gasteiger partial charge in [0.25, 0.3) is 0 Å². The average Bonchev–Trinajstić information content (AvgIpc) is 2.81. The van der Waals surface area contributed by atoms with E-state index in [2.05, 4.69) is 4.98 Å². The van der Waals surface area contributed by atoms with E-state index in [0.29, 0.717) is 10.6 Å². The molecule has 2 aromatic rings. The Morgan fingerprint density at radius 1 is 1.32 bits per heavy atom. The summed E-state index contributed by atoms with van der Waals surface area (Å²) in [6, 6.07) is 5.12. The highest BCUT2D eigenvalue weighted by molar-refractivity contribution is 7.90. The van der Waals surface area contributed by atoms with Gasteiger partial charge in [-0.2, -0.15) is 0 Å². The van der Waals surface area contributed by atoms with Crippen LogP contribution in [0.15, 0.2) is 35.8 Å². The minimum Gasteiger partial charge on any atom is -0.387 e. The molecule has 1 heterocycles. The zero-order chi connectivity index (χ0) is 13.9. The molecule has 0 aliphatic rings. The number of hydrogen-bond acceptors (Lipinski definition) is 5. The van der Waals surface area contributed by atoms with E-state index in [0.717, 1.165) is 0 Å². The quantitative estimate of drug-likeness (QED) is 0.916. The van der Waals surface area contributed by atoms with Gasteiger partial charge in [-0.3, -0.25) is 0 Å². The van der Waals surface area contributed by atoms with Crippen molar-refractivity contribution in [3.8, 4) is 0 Å². The summed E-state index contributed by atoms with van der Waals surface area (Å²) in [5.74, 6) is -1.03. The first-order valence-electron chi connectivity index (χ1n) is 5.48. The van der Waals surface area contributed by atoms with Crippen LogP contribution in [0.2, 0.25) is 0 Å². The van der Waals surface area contributed by atoms with Crippen LogP contribution in [-0.2, 0) is 15.6 Å². The molecular weight excluding hydrogens is 289 g/mol. The second kappa shape index (κ2) is 5.77. The summed E-state index contributed by atoms with van der Waals surface area (Å²) in [6.07, 6.45) is 0.372. The van der Waals surface area contributed by atoms with E-state index in [4.69, 9.17) is 0 Å². The first-order valence-corrected chi connectivity index (χ1v) is 8.19. The number of benzene rings is 1. The van der Waals surface area contributed by atoms with Crippen molar-refractivity contribution in [3.05, 3.63) is 52.2 Å². The van der Waals surface area contributed by atoms with Crippen molar-refractivity contribution in [1.82, 2.24) is 4.98 Å². The fraction of sp³-hybridized carbons (Fsp3) is 0.250. The zero-order valence-corrected chi connectivity index (χ0v) is 11.5. The first kappa shape index (κ1) is 14.1. The molecule has 0 aliphatic heterocycles. The van der Waals surface area contributed by atoms with Crippen LogP contribution < -0.4 is 0 Å². The number of halogens is 1. The Bertz CT molecular complexity index is 624. The highest BCUT2D eigenvalue weighted by Gasteiger charge is 2.20. The lowest BCUT2D eigenvalue weighted by Crippen LogP contribution is -2.16. The van der Waals surface area contributed by atoms with Crippen LogP contribution in [0.25, 0.3) is 0 Å². The molecule has 102 valence electrons. The molecule has 0 fully saturated rings. The fourth-order valence-corrected chi connectivity index (χ4v) is 4.05. The molecule has 1 unspecified atom stereocenters. The summed E-state index contributed by atoms with van der Waals surface area (Å²) < 4.78 is 36.5. The summed E-state index contributed by atoms with van der Waals surface area (Å²) >= 11 is 1.25. The molecule has 0 saturated carbocycles. The van der Waals surface area contributed by atoms with E-state index in [-0.39, 0.29) is 5.75 Å². The molecule has 1 N–H and O–H groups in total. The van der Waals surface area contributed by atoms with Crippen LogP contribution in [0.3, 0.4) is 0 Å². The van der Waals surface area contributed by atoms with Crippen LogP contribution >= 0.6 is 11.3 Å². The molecule has 0 amide bonds. The van der Waals surface area contributed by atoms with Gasteiger partial charge >= 0.3 is 0 Å². The number of aromatic nitrogens is 1. The Morgan fingerprint density at radius 2 is 2.00 bits per heavy atom. The molecule has 0 radical (unpaired) electrons. The van der Waals surface area contributed by atoms with Crippen molar-refractivity contribution < 1.29 is 17.9 Å². The first-order chi connectivity index (χ1) is 8.96. The Kier molecular flexibility index (Phi) is 4.28. The van der Waals surface area contributed by atoms with Gasteiger partial charge in [0.15, 0.2) is 9.84 Å². The number of hydrogen-bond donors (Lipinski definition) is 1. The lowest BCUT2D eigenvalue weighted by atomic mass is 10.1. The number of aliphatic hydroxyl groups is 1. The minimum absolute atomic E-state index is 0.192. The molecule has 0 spiro atoms. The fourth-order valence-electron chi connectivity index (χ4n) is 1.59. The predicted molar refractivity (Wildman–Crippen MR) is 71.0 cm³/mol. The third-order valence-corrected chi connectivity index (χ3v) is 4.99. The molecule has 1 aromatic heterocycles. The van der Waals surface area contributed by atoms with E-state index < -0.39 is 27.5 Å². The number of sulfone groups is 1. The van der Waals surface area contributed by atoms with Crippen LogP contribution in [0.4, 0.5) is 4.39 Å². The maximum atomic E-state index is 12.7. The van der Waals surface area contributed by atoms with E-state index >= 15 is 0 Å². The van der Waals surface area contributed by atoms with Gasteiger partial charge in [0.05, 0.1) is 11.9 Å². The SMILES string of the molecule is O=S(=O)(Cc1nccs1)CC(O)c1ccc(F)cc1. The monoisotopic (exact) mass is 301 g/mol. The van der Waals surface area contributed by atoms with Crippen molar-refractivity contribution in [2.24, 2.45) is 0 Å². The molecule has 19 heavy (non-hydrogen) atoms. The Balaban J connectivity index is 2.05. The smallest absolute Gasteiger partial charge is 0.159 e. The predicted octanol–water partition coefficient (Wildman–Crippen LogP) is 1.93. The average molecular weight is 301 g/mol. The highest BCUT2D eigenvalue weighted by Crippen LogP contribution is 2.18. The number of nitrogens with zero attached hydrogens (tertiary/aromatic N) is 1. The van der Waals surface area contributed by atoms with Gasteiger partial charge in [-0.25, -0.2) is 17.8 Å². The van der Waals surface area contributed by atoms with Crippen LogP contribution in [0.5, 0.6) is 0 Å². The maximum Gasteiger partial charge on any atom is 0.159 e. The molecule has 0 bridgehead atoms. The largest absolute Gasteiger partial charge is 0.387 e. The van der Waals surface area contributed by atoms with Gasteiger partial charge in [0.2, 0.25) is 0 Å². The van der Waals surface area contributed by atoms with E-state index in [1.54, 1.807) is 5.38 Å². The third kappa shape index (κ3) is 4.09. The third-order valence-electron chi connectivity index (χ3n) is 2.49. The van der Waals surface area contributed by atoms with Gasteiger partial charge < -0.3 is 5.11 Å². The van der Waals surface area contributed by atoms with Crippen LogP contribution in [0.1, 0.15) is 16.7 Å². The highest BCUT2D eigenvalue weighted by atomic mass is 32.2. The Hall–Kier alpha value is -1.31. The molecule has 0 saturated heterocycles. The number of rotatable bonds is 5. The maximum absolute atomic E-state index is 12.7. The summed E-state index contributed by atoms with van der Waals surface area (Å²) in [5.41, 5.74) is 0.379. The van der Waals surface area contributed by atoms with Gasteiger partial charge in [-0.05, 0) is 17.7 Å². The number of thiazole rings is 1. The molecule has 1 aromatic carbocycles. The normalized spacial score (nSPS) is 13.4. The van der Waals surface area contributed by atoms with Crippen molar-refractivity contribution in [2.45, 2.75) is 11.9 Å². The lowest BCUT2D eigenvalue weighted by molar-refractivity contribution is 0.201. The summed E-state index contributed by atoms with van der Waals surface area (Å²) in [5, 5.41) is 12.0. The standard InChI is InChI=1S/C12H12FNO3S2/c13-10-3-1-9(2-4-10)11(15)7-19(16,17)8-12-14-5-6-18-12/h1-6,11,15H,7-8H2. The summed E-state index contributed by atoms with van der Waals surface area (Å²) in [7, 11) is -3.46. The molecule has 7 heteroatoms. The van der Waals surface area contributed by atoms with E-state index in [1.165, 1.54) is 41.8 Å². The second-order valence-corrected chi connectivity index (χ2v) is 7.14. The molecule has 1 atom stereocenters. The molecule has 0 aliphatic carbocycles. The second-order valence-electron chi connectivity index (χ2n) is 4.05. The van der Waals surface area contributed by atoms with E-state index in [1.807, 2.05) is 0 Å². The molecule has 4 nitrogen and oxygen atoms in total. The molecular formula is C12H12FNO3S2. The Labute approximate surface area is 114 Å². The Morgan fingerprint density at radius 3 is 2.58 bits per heavy atom. The van der Waals surface area contributed by atoms with Crippen LogP contribution in [0, 0.1) is 5.82 Å². The van der Waals surface area contributed by atoms with Crippen LogP contribution in [-0.4, -0.2) is 24.3 Å². The van der Waals surface area contributed by atoms with Crippen molar-refractivity contribution >= 4 is 21.2 Å². The lowest BCUT2D eigenvalue weighted by Gasteiger charge is -2.10.